The highest BCUT2D eigenvalue weighted by atomic mass is 16.5. The van der Waals surface area contributed by atoms with E-state index in [4.69, 9.17) is 10.5 Å². The highest BCUT2D eigenvalue weighted by molar-refractivity contribution is 5.82. The van der Waals surface area contributed by atoms with Gasteiger partial charge in [-0.15, -0.1) is 0 Å². The molecule has 2 amide bonds. The van der Waals surface area contributed by atoms with Crippen molar-refractivity contribution in [3.63, 3.8) is 0 Å². The third-order valence-corrected chi connectivity index (χ3v) is 3.26. The van der Waals surface area contributed by atoms with Crippen LogP contribution in [0, 0.1) is 0 Å². The van der Waals surface area contributed by atoms with Crippen molar-refractivity contribution in [3.8, 4) is 5.75 Å². The first-order valence-corrected chi connectivity index (χ1v) is 7.44. The van der Waals surface area contributed by atoms with Gasteiger partial charge in [0.05, 0.1) is 0 Å². The van der Waals surface area contributed by atoms with Gasteiger partial charge in [0.25, 0.3) is 0 Å². The molecule has 2 aromatic rings. The number of nitrogens with one attached hydrogen (secondary N) is 1. The van der Waals surface area contributed by atoms with E-state index in [-0.39, 0.29) is 18.7 Å². The van der Waals surface area contributed by atoms with E-state index in [1.54, 1.807) is 0 Å². The molecule has 0 aliphatic heterocycles. The SMILES string of the molecule is NC(=O)CCC(=O)NCc1ccc(OCc2ccccc2)cc1. The molecule has 0 heterocycles. The molecule has 0 saturated heterocycles. The molecule has 0 aromatic heterocycles. The first kappa shape index (κ1) is 16.5. The van der Waals surface area contributed by atoms with Crippen LogP contribution in [0.1, 0.15) is 24.0 Å². The second kappa shape index (κ2) is 8.58. The van der Waals surface area contributed by atoms with Gasteiger partial charge in [0.15, 0.2) is 0 Å². The van der Waals surface area contributed by atoms with Gasteiger partial charge in [-0.1, -0.05) is 42.5 Å². The summed E-state index contributed by atoms with van der Waals surface area (Å²) in [4.78, 5) is 22.1. The summed E-state index contributed by atoms with van der Waals surface area (Å²) in [5.41, 5.74) is 7.07. The summed E-state index contributed by atoms with van der Waals surface area (Å²) in [7, 11) is 0. The first-order chi connectivity index (χ1) is 11.1. The summed E-state index contributed by atoms with van der Waals surface area (Å²) in [6.45, 7) is 0.931. The molecule has 0 aliphatic rings. The van der Waals surface area contributed by atoms with Crippen molar-refractivity contribution in [2.75, 3.05) is 0 Å². The van der Waals surface area contributed by atoms with Crippen LogP contribution >= 0.6 is 0 Å². The molecule has 5 heteroatoms. The van der Waals surface area contributed by atoms with Crippen LogP contribution < -0.4 is 15.8 Å². The molecule has 120 valence electrons. The molecule has 0 saturated carbocycles. The molecular weight excluding hydrogens is 292 g/mol. The van der Waals surface area contributed by atoms with Gasteiger partial charge >= 0.3 is 0 Å². The van der Waals surface area contributed by atoms with Gasteiger partial charge in [-0.2, -0.15) is 0 Å². The maximum Gasteiger partial charge on any atom is 0.220 e. The van der Waals surface area contributed by atoms with Gasteiger partial charge in [-0.25, -0.2) is 0 Å². The Morgan fingerprint density at radius 1 is 0.913 bits per heavy atom. The van der Waals surface area contributed by atoms with Crippen LogP contribution in [0.2, 0.25) is 0 Å². The van der Waals surface area contributed by atoms with Crippen LogP contribution in [0.15, 0.2) is 54.6 Å². The van der Waals surface area contributed by atoms with E-state index in [0.29, 0.717) is 13.2 Å². The van der Waals surface area contributed by atoms with Crippen LogP contribution in [-0.2, 0) is 22.7 Å². The topological polar surface area (TPSA) is 81.4 Å². The Labute approximate surface area is 135 Å². The van der Waals surface area contributed by atoms with Crippen molar-refractivity contribution in [1.29, 1.82) is 0 Å². The number of rotatable bonds is 8. The fraction of sp³-hybridized carbons (Fsp3) is 0.222. The van der Waals surface area contributed by atoms with Crippen molar-refractivity contribution in [2.24, 2.45) is 5.73 Å². The van der Waals surface area contributed by atoms with E-state index in [1.807, 2.05) is 54.6 Å². The lowest BCUT2D eigenvalue weighted by Crippen LogP contribution is -2.24. The minimum Gasteiger partial charge on any atom is -0.489 e. The zero-order valence-corrected chi connectivity index (χ0v) is 12.8. The molecule has 5 nitrogen and oxygen atoms in total. The van der Waals surface area contributed by atoms with E-state index < -0.39 is 5.91 Å². The molecule has 0 radical (unpaired) electrons. The Morgan fingerprint density at radius 3 is 2.26 bits per heavy atom. The number of ether oxygens (including phenoxy) is 1. The quantitative estimate of drug-likeness (QED) is 0.783. The Kier molecular flexibility index (Phi) is 6.17. The molecule has 0 unspecified atom stereocenters. The lowest BCUT2D eigenvalue weighted by molar-refractivity contribution is -0.125. The summed E-state index contributed by atoms with van der Waals surface area (Å²) >= 11 is 0. The lowest BCUT2D eigenvalue weighted by atomic mass is 10.2. The van der Waals surface area contributed by atoms with Crippen LogP contribution in [0.3, 0.4) is 0 Å². The van der Waals surface area contributed by atoms with Crippen molar-refractivity contribution < 1.29 is 14.3 Å². The normalized spacial score (nSPS) is 10.1. The Balaban J connectivity index is 1.76. The summed E-state index contributed by atoms with van der Waals surface area (Å²) in [6, 6.07) is 17.5. The molecule has 2 aromatic carbocycles. The molecule has 0 spiro atoms. The van der Waals surface area contributed by atoms with E-state index in [1.165, 1.54) is 0 Å². The van der Waals surface area contributed by atoms with Gasteiger partial charge in [-0.05, 0) is 23.3 Å². The van der Waals surface area contributed by atoms with Crippen molar-refractivity contribution >= 4 is 11.8 Å². The average Bonchev–Trinajstić information content (AvgIpc) is 2.58. The third kappa shape index (κ3) is 6.22. The number of primary amides is 1. The molecule has 0 fully saturated rings. The molecule has 0 aliphatic carbocycles. The molecule has 2 rings (SSSR count). The van der Waals surface area contributed by atoms with E-state index in [0.717, 1.165) is 16.9 Å². The summed E-state index contributed by atoms with van der Waals surface area (Å²) in [5, 5.41) is 2.74. The zero-order valence-electron chi connectivity index (χ0n) is 12.8. The Morgan fingerprint density at radius 2 is 1.61 bits per heavy atom. The maximum absolute atomic E-state index is 11.5. The molecular formula is C18H20N2O3. The first-order valence-electron chi connectivity index (χ1n) is 7.44. The van der Waals surface area contributed by atoms with Crippen LogP contribution in [0.25, 0.3) is 0 Å². The highest BCUT2D eigenvalue weighted by Crippen LogP contribution is 2.14. The standard InChI is InChI=1S/C18H20N2O3/c19-17(21)10-11-18(22)20-12-14-6-8-16(9-7-14)23-13-15-4-2-1-3-5-15/h1-9H,10-13H2,(H2,19,21)(H,20,22). The highest BCUT2D eigenvalue weighted by Gasteiger charge is 2.04. The fourth-order valence-electron chi connectivity index (χ4n) is 1.97. The third-order valence-electron chi connectivity index (χ3n) is 3.26. The van der Waals surface area contributed by atoms with Crippen LogP contribution in [0.5, 0.6) is 5.75 Å². The molecule has 23 heavy (non-hydrogen) atoms. The Hall–Kier alpha value is -2.82. The second-order valence-electron chi connectivity index (χ2n) is 5.16. The van der Waals surface area contributed by atoms with Crippen molar-refractivity contribution in [3.05, 3.63) is 65.7 Å². The smallest absolute Gasteiger partial charge is 0.220 e. The summed E-state index contributed by atoms with van der Waals surface area (Å²) in [6.07, 6.45) is 0.186. The molecule has 0 bridgehead atoms. The number of carbonyl (C=O) groups is 2. The summed E-state index contributed by atoms with van der Waals surface area (Å²) < 4.78 is 5.70. The molecule has 0 atom stereocenters. The van der Waals surface area contributed by atoms with Crippen LogP contribution in [0.4, 0.5) is 0 Å². The van der Waals surface area contributed by atoms with Crippen molar-refractivity contribution in [1.82, 2.24) is 5.32 Å². The second-order valence-corrected chi connectivity index (χ2v) is 5.16. The van der Waals surface area contributed by atoms with Gasteiger partial charge < -0.3 is 15.8 Å². The van der Waals surface area contributed by atoms with E-state index >= 15 is 0 Å². The lowest BCUT2D eigenvalue weighted by Gasteiger charge is -2.08. The minimum atomic E-state index is -0.472. The van der Waals surface area contributed by atoms with Crippen molar-refractivity contribution in [2.45, 2.75) is 26.0 Å². The van der Waals surface area contributed by atoms with Gasteiger partial charge in [0.1, 0.15) is 12.4 Å². The van der Waals surface area contributed by atoms with Gasteiger partial charge in [0, 0.05) is 19.4 Å². The largest absolute Gasteiger partial charge is 0.489 e. The maximum atomic E-state index is 11.5. The predicted octanol–water partition coefficient (Wildman–Crippen LogP) is 2.15. The number of benzene rings is 2. The number of nitrogens with two attached hydrogens (primary N) is 1. The van der Waals surface area contributed by atoms with E-state index in [9.17, 15) is 9.59 Å². The Bertz CT molecular complexity index is 639. The van der Waals surface area contributed by atoms with Gasteiger partial charge in [-0.3, -0.25) is 9.59 Å². The van der Waals surface area contributed by atoms with Gasteiger partial charge in [0.2, 0.25) is 11.8 Å². The zero-order chi connectivity index (χ0) is 16.5. The number of amides is 2. The van der Waals surface area contributed by atoms with E-state index in [2.05, 4.69) is 5.32 Å². The fourth-order valence-corrected chi connectivity index (χ4v) is 1.97. The minimum absolute atomic E-state index is 0.0676. The predicted molar refractivity (Wildman–Crippen MR) is 87.5 cm³/mol. The molecule has 3 N–H and O–H groups in total. The van der Waals surface area contributed by atoms with Crippen LogP contribution in [-0.4, -0.2) is 11.8 Å². The summed E-state index contributed by atoms with van der Waals surface area (Å²) in [5.74, 6) is 0.117. The number of hydrogen-bond donors (Lipinski definition) is 2. The average molecular weight is 312 g/mol. The number of hydrogen-bond acceptors (Lipinski definition) is 3. The monoisotopic (exact) mass is 312 g/mol. The number of carbonyl (C=O) groups excluding carboxylic acids is 2.